The minimum atomic E-state index is -0.428. The van der Waals surface area contributed by atoms with E-state index in [9.17, 15) is 4.79 Å². The van der Waals surface area contributed by atoms with Crippen molar-refractivity contribution in [3.63, 3.8) is 0 Å². The lowest BCUT2D eigenvalue weighted by molar-refractivity contribution is 0.0144. The molecule has 1 N–H and O–H groups in total. The van der Waals surface area contributed by atoms with Gasteiger partial charge in [0, 0.05) is 39.8 Å². The molecule has 4 nitrogen and oxygen atoms in total. The van der Waals surface area contributed by atoms with Crippen LogP contribution >= 0.6 is 11.8 Å². The first-order valence-corrected chi connectivity index (χ1v) is 8.43. The highest BCUT2D eigenvalue weighted by atomic mass is 32.2. The van der Waals surface area contributed by atoms with E-state index in [4.69, 9.17) is 4.74 Å². The highest BCUT2D eigenvalue weighted by Gasteiger charge is 2.34. The van der Waals surface area contributed by atoms with Crippen LogP contribution in [0, 0.1) is 6.92 Å². The van der Waals surface area contributed by atoms with Crippen molar-refractivity contribution in [1.82, 2.24) is 9.88 Å². The zero-order valence-corrected chi connectivity index (χ0v) is 14.3. The van der Waals surface area contributed by atoms with E-state index in [-0.39, 0.29) is 6.09 Å². The number of nitrogens with one attached hydrogen (secondary N) is 1. The molecule has 1 amide bonds. The minimum absolute atomic E-state index is 0.208. The normalized spacial score (nSPS) is 15.9. The molecular weight excluding hydrogens is 296 g/mol. The van der Waals surface area contributed by atoms with Gasteiger partial charge in [-0.2, -0.15) is 0 Å². The lowest BCUT2D eigenvalue weighted by Crippen LogP contribution is -2.53. The van der Waals surface area contributed by atoms with Crippen LogP contribution in [0.1, 0.15) is 26.5 Å². The Morgan fingerprint density at radius 3 is 2.68 bits per heavy atom. The molecule has 5 heteroatoms. The number of aromatic nitrogens is 1. The third kappa shape index (κ3) is 3.09. The number of benzene rings is 1. The molecule has 1 aromatic heterocycles. The third-order valence-corrected chi connectivity index (χ3v) is 5.01. The van der Waals surface area contributed by atoms with Crippen LogP contribution in [0.5, 0.6) is 0 Å². The van der Waals surface area contributed by atoms with E-state index in [1.54, 1.807) is 4.90 Å². The van der Waals surface area contributed by atoms with E-state index in [0.29, 0.717) is 5.25 Å². The Balaban J connectivity index is 1.62. The fourth-order valence-electron chi connectivity index (χ4n) is 2.56. The molecular formula is C17H22N2O2S. The van der Waals surface area contributed by atoms with Crippen molar-refractivity contribution < 1.29 is 9.53 Å². The number of para-hydroxylation sites is 1. The Kier molecular flexibility index (Phi) is 3.85. The molecule has 118 valence electrons. The smallest absolute Gasteiger partial charge is 0.410 e. The number of carbonyl (C=O) groups excluding carboxylic acids is 1. The molecule has 3 rings (SSSR count). The summed E-state index contributed by atoms with van der Waals surface area (Å²) in [5.74, 6) is 0. The van der Waals surface area contributed by atoms with Gasteiger partial charge in [0.15, 0.2) is 0 Å². The molecule has 0 unspecified atom stereocenters. The zero-order chi connectivity index (χ0) is 15.9. The van der Waals surface area contributed by atoms with Gasteiger partial charge >= 0.3 is 6.09 Å². The number of carbonyl (C=O) groups is 1. The number of fused-ring (bicyclic) bond motifs is 1. The number of amides is 1. The molecule has 0 saturated carbocycles. The molecule has 1 fully saturated rings. The predicted molar refractivity (Wildman–Crippen MR) is 90.5 cm³/mol. The summed E-state index contributed by atoms with van der Waals surface area (Å²) in [6.45, 7) is 9.29. The summed E-state index contributed by atoms with van der Waals surface area (Å²) in [6.07, 6.45) is -0.208. The number of ether oxygens (including phenoxy) is 1. The maximum absolute atomic E-state index is 12.0. The Morgan fingerprint density at radius 1 is 1.32 bits per heavy atom. The number of hydrogen-bond acceptors (Lipinski definition) is 3. The van der Waals surface area contributed by atoms with E-state index in [0.717, 1.165) is 13.1 Å². The van der Waals surface area contributed by atoms with Crippen molar-refractivity contribution in [3.8, 4) is 0 Å². The fraction of sp³-hybridized carbons (Fsp3) is 0.471. The second-order valence-electron chi connectivity index (χ2n) is 6.75. The summed E-state index contributed by atoms with van der Waals surface area (Å²) in [6, 6.07) is 8.35. The van der Waals surface area contributed by atoms with Gasteiger partial charge in [0.05, 0.1) is 0 Å². The van der Waals surface area contributed by atoms with E-state index < -0.39 is 5.60 Å². The number of rotatable bonds is 2. The standard InChI is InChI=1S/C17H22N2O2S/c1-11-15(13-7-5-6-8-14(13)18-11)22-12-9-19(10-12)16(20)21-17(2,3)4/h5-8,12,18H,9-10H2,1-4H3. The van der Waals surface area contributed by atoms with Crippen LogP contribution in [0.15, 0.2) is 29.2 Å². The molecule has 1 aliphatic heterocycles. The molecule has 1 aromatic carbocycles. The summed E-state index contributed by atoms with van der Waals surface area (Å²) in [5, 5.41) is 1.70. The zero-order valence-electron chi connectivity index (χ0n) is 13.5. The molecule has 0 spiro atoms. The van der Waals surface area contributed by atoms with E-state index in [2.05, 4.69) is 30.1 Å². The van der Waals surface area contributed by atoms with Crippen molar-refractivity contribution in [1.29, 1.82) is 0 Å². The van der Waals surface area contributed by atoms with Crippen molar-refractivity contribution in [2.45, 2.75) is 43.4 Å². The van der Waals surface area contributed by atoms with E-state index in [1.807, 2.05) is 38.6 Å². The monoisotopic (exact) mass is 318 g/mol. The number of thioether (sulfide) groups is 1. The van der Waals surface area contributed by atoms with E-state index in [1.165, 1.54) is 21.5 Å². The second-order valence-corrected chi connectivity index (χ2v) is 8.06. The largest absolute Gasteiger partial charge is 0.444 e. The lowest BCUT2D eigenvalue weighted by Gasteiger charge is -2.39. The van der Waals surface area contributed by atoms with Gasteiger partial charge in [0.25, 0.3) is 0 Å². The predicted octanol–water partition coefficient (Wildman–Crippen LogP) is 4.19. The topological polar surface area (TPSA) is 45.3 Å². The van der Waals surface area contributed by atoms with Crippen LogP contribution in [0.25, 0.3) is 10.9 Å². The van der Waals surface area contributed by atoms with Crippen molar-refractivity contribution in [2.24, 2.45) is 0 Å². The average Bonchev–Trinajstić information content (AvgIpc) is 2.67. The lowest BCUT2D eigenvalue weighted by atomic mass is 10.2. The molecule has 1 aliphatic rings. The van der Waals surface area contributed by atoms with Gasteiger partial charge in [-0.15, -0.1) is 11.8 Å². The van der Waals surface area contributed by atoms with Crippen LogP contribution in [0.2, 0.25) is 0 Å². The SMILES string of the molecule is Cc1[nH]c2ccccc2c1SC1CN(C(=O)OC(C)(C)C)C1. The van der Waals surface area contributed by atoms with E-state index >= 15 is 0 Å². The molecule has 1 saturated heterocycles. The quantitative estimate of drug-likeness (QED) is 0.903. The molecule has 0 atom stereocenters. The van der Waals surface area contributed by atoms with Crippen molar-refractivity contribution in [3.05, 3.63) is 30.0 Å². The molecule has 0 aliphatic carbocycles. The Labute approximate surface area is 135 Å². The maximum Gasteiger partial charge on any atom is 0.410 e. The molecule has 2 aromatic rings. The first-order chi connectivity index (χ1) is 10.3. The van der Waals surface area contributed by atoms with Gasteiger partial charge in [0.2, 0.25) is 0 Å². The van der Waals surface area contributed by atoms with Gasteiger partial charge in [-0.1, -0.05) is 18.2 Å². The summed E-state index contributed by atoms with van der Waals surface area (Å²) in [7, 11) is 0. The number of aromatic amines is 1. The van der Waals surface area contributed by atoms with Crippen LogP contribution in [-0.2, 0) is 4.74 Å². The minimum Gasteiger partial charge on any atom is -0.444 e. The van der Waals surface area contributed by atoms with Crippen molar-refractivity contribution >= 4 is 28.8 Å². The first kappa shape index (κ1) is 15.3. The summed E-state index contributed by atoms with van der Waals surface area (Å²) in [4.78, 5) is 18.4. The highest BCUT2D eigenvalue weighted by molar-refractivity contribution is 8.00. The maximum atomic E-state index is 12.0. The van der Waals surface area contributed by atoms with Gasteiger partial charge < -0.3 is 14.6 Å². The summed E-state index contributed by atoms with van der Waals surface area (Å²) < 4.78 is 5.39. The number of H-pyrrole nitrogens is 1. The Morgan fingerprint density at radius 2 is 2.00 bits per heavy atom. The number of nitrogens with zero attached hydrogens (tertiary/aromatic N) is 1. The number of likely N-dealkylation sites (tertiary alicyclic amines) is 1. The Hall–Kier alpha value is -1.62. The molecule has 0 bridgehead atoms. The third-order valence-electron chi connectivity index (χ3n) is 3.62. The van der Waals surface area contributed by atoms with Gasteiger partial charge in [-0.3, -0.25) is 0 Å². The summed E-state index contributed by atoms with van der Waals surface area (Å²) in [5.41, 5.74) is 1.94. The van der Waals surface area contributed by atoms with Crippen molar-refractivity contribution in [2.75, 3.05) is 13.1 Å². The molecule has 0 radical (unpaired) electrons. The average molecular weight is 318 g/mol. The van der Waals surface area contributed by atoms with Gasteiger partial charge in [-0.05, 0) is 33.8 Å². The Bertz CT molecular complexity index is 696. The second kappa shape index (κ2) is 5.54. The molecule has 22 heavy (non-hydrogen) atoms. The van der Waals surface area contributed by atoms with Crippen LogP contribution in [0.3, 0.4) is 0 Å². The fourth-order valence-corrected chi connectivity index (χ4v) is 3.93. The first-order valence-electron chi connectivity index (χ1n) is 7.55. The van der Waals surface area contributed by atoms with Crippen LogP contribution in [0.4, 0.5) is 4.79 Å². The van der Waals surface area contributed by atoms with Crippen LogP contribution in [-0.4, -0.2) is 39.9 Å². The molecule has 2 heterocycles. The summed E-state index contributed by atoms with van der Waals surface area (Å²) >= 11 is 1.85. The highest BCUT2D eigenvalue weighted by Crippen LogP contribution is 2.37. The number of aryl methyl sites for hydroxylation is 1. The van der Waals surface area contributed by atoms with Gasteiger partial charge in [0.1, 0.15) is 5.60 Å². The van der Waals surface area contributed by atoms with Crippen LogP contribution < -0.4 is 0 Å². The van der Waals surface area contributed by atoms with Gasteiger partial charge in [-0.25, -0.2) is 4.79 Å². The number of hydrogen-bond donors (Lipinski definition) is 1.